The molecule has 0 aliphatic carbocycles. The highest BCUT2D eigenvalue weighted by Crippen LogP contribution is 2.41. The van der Waals surface area contributed by atoms with Crippen molar-refractivity contribution in [3.8, 4) is 11.5 Å². The molecule has 0 aromatic heterocycles. The second-order valence-corrected chi connectivity index (χ2v) is 6.98. The minimum Gasteiger partial charge on any atom is -0.496 e. The van der Waals surface area contributed by atoms with Gasteiger partial charge in [0, 0.05) is 9.79 Å². The van der Waals surface area contributed by atoms with Crippen LogP contribution in [0.15, 0.2) is 56.0 Å². The van der Waals surface area contributed by atoms with Gasteiger partial charge >= 0.3 is 0 Å². The normalized spacial score (nSPS) is 10.5. The zero-order valence-corrected chi connectivity index (χ0v) is 15.0. The van der Waals surface area contributed by atoms with Crippen LogP contribution in [0.3, 0.4) is 0 Å². The third-order valence-electron chi connectivity index (χ3n) is 2.96. The van der Waals surface area contributed by atoms with Crippen molar-refractivity contribution in [3.05, 3.63) is 36.4 Å². The lowest BCUT2D eigenvalue weighted by molar-refractivity contribution is 0.401. The van der Waals surface area contributed by atoms with Gasteiger partial charge in [0.25, 0.3) is 0 Å². The molecule has 2 aromatic carbocycles. The molecule has 0 spiro atoms. The topological polar surface area (TPSA) is 18.5 Å². The molecule has 21 heavy (non-hydrogen) atoms. The molecule has 2 rings (SSSR count). The highest BCUT2D eigenvalue weighted by Gasteiger charge is 2.10. The summed E-state index contributed by atoms with van der Waals surface area (Å²) in [4.78, 5) is 4.57. The van der Waals surface area contributed by atoms with E-state index in [9.17, 15) is 0 Å². The summed E-state index contributed by atoms with van der Waals surface area (Å²) in [5, 5.41) is 0. The molecular formula is C16H18O2S3. The molecule has 112 valence electrons. The Morgan fingerprint density at radius 3 is 1.48 bits per heavy atom. The van der Waals surface area contributed by atoms with Crippen molar-refractivity contribution in [2.75, 3.05) is 26.7 Å². The van der Waals surface area contributed by atoms with Crippen LogP contribution >= 0.6 is 35.3 Å². The predicted molar refractivity (Wildman–Crippen MR) is 93.7 cm³/mol. The number of methoxy groups -OCH3 is 2. The summed E-state index contributed by atoms with van der Waals surface area (Å²) >= 11 is 5.08. The summed E-state index contributed by atoms with van der Waals surface area (Å²) in [7, 11) is 3.41. The van der Waals surface area contributed by atoms with E-state index in [1.807, 2.05) is 0 Å². The Balaban J connectivity index is 2.33. The monoisotopic (exact) mass is 338 g/mol. The first-order valence-corrected chi connectivity index (χ1v) is 9.60. The van der Waals surface area contributed by atoms with E-state index in [2.05, 4.69) is 48.9 Å². The van der Waals surface area contributed by atoms with Crippen molar-refractivity contribution in [1.82, 2.24) is 0 Å². The third-order valence-corrected chi connectivity index (χ3v) is 5.53. The minimum absolute atomic E-state index is 0.892. The van der Waals surface area contributed by atoms with Crippen molar-refractivity contribution >= 4 is 35.3 Å². The molecule has 2 nitrogen and oxygen atoms in total. The van der Waals surface area contributed by atoms with E-state index in [1.165, 1.54) is 9.79 Å². The number of hydrogen-bond donors (Lipinski definition) is 0. The molecule has 0 amide bonds. The number of benzene rings is 2. The molecule has 0 saturated heterocycles. The van der Waals surface area contributed by atoms with Crippen LogP contribution in [0.2, 0.25) is 0 Å². The fourth-order valence-electron chi connectivity index (χ4n) is 1.84. The molecule has 0 bridgehead atoms. The van der Waals surface area contributed by atoms with Crippen LogP contribution in [0, 0.1) is 0 Å². The molecule has 0 radical (unpaired) electrons. The smallest absolute Gasteiger partial charge is 0.133 e. The van der Waals surface area contributed by atoms with Gasteiger partial charge in [-0.15, -0.1) is 23.5 Å². The van der Waals surface area contributed by atoms with Crippen molar-refractivity contribution < 1.29 is 9.47 Å². The minimum atomic E-state index is 0.892. The molecular weight excluding hydrogens is 320 g/mol. The first-order chi connectivity index (χ1) is 10.2. The van der Waals surface area contributed by atoms with E-state index in [-0.39, 0.29) is 0 Å². The van der Waals surface area contributed by atoms with Gasteiger partial charge in [0.1, 0.15) is 11.5 Å². The lowest BCUT2D eigenvalue weighted by Gasteiger charge is -2.12. The summed E-state index contributed by atoms with van der Waals surface area (Å²) in [5.74, 6) is 1.78. The fourth-order valence-corrected chi connectivity index (χ4v) is 3.69. The summed E-state index contributed by atoms with van der Waals surface area (Å²) < 4.78 is 11.0. The predicted octanol–water partition coefficient (Wildman–Crippen LogP) is 5.30. The van der Waals surface area contributed by atoms with Crippen LogP contribution < -0.4 is 9.47 Å². The fraction of sp³-hybridized carbons (Fsp3) is 0.250. The molecule has 0 unspecified atom stereocenters. The van der Waals surface area contributed by atoms with Gasteiger partial charge in [0.15, 0.2) is 0 Å². The van der Waals surface area contributed by atoms with Crippen molar-refractivity contribution in [2.24, 2.45) is 0 Å². The lowest BCUT2D eigenvalue weighted by atomic mass is 10.3. The Bertz CT molecular complexity index is 561. The lowest BCUT2D eigenvalue weighted by Crippen LogP contribution is -1.89. The maximum absolute atomic E-state index is 5.50. The van der Waals surface area contributed by atoms with Gasteiger partial charge in [-0.05, 0) is 48.9 Å². The summed E-state index contributed by atoms with van der Waals surface area (Å²) in [6, 6.07) is 12.5. The summed E-state index contributed by atoms with van der Waals surface area (Å²) in [6.45, 7) is 0. The highest BCUT2D eigenvalue weighted by atomic mass is 32.2. The Morgan fingerprint density at radius 1 is 0.714 bits per heavy atom. The maximum atomic E-state index is 5.50. The van der Waals surface area contributed by atoms with Crippen LogP contribution in [0.25, 0.3) is 0 Å². The number of rotatable bonds is 6. The second-order valence-electron chi connectivity index (χ2n) is 4.14. The summed E-state index contributed by atoms with van der Waals surface area (Å²) in [6.07, 6.45) is 4.12. The Hall–Kier alpha value is -0.910. The van der Waals surface area contributed by atoms with Crippen LogP contribution in [0.4, 0.5) is 0 Å². The average Bonchev–Trinajstić information content (AvgIpc) is 2.55. The zero-order chi connectivity index (χ0) is 15.2. The molecule has 0 fully saturated rings. The first kappa shape index (κ1) is 16.5. The average molecular weight is 339 g/mol. The maximum Gasteiger partial charge on any atom is 0.133 e. The van der Waals surface area contributed by atoms with Gasteiger partial charge in [-0.1, -0.05) is 11.8 Å². The van der Waals surface area contributed by atoms with Crippen LogP contribution in [-0.2, 0) is 0 Å². The van der Waals surface area contributed by atoms with Gasteiger partial charge < -0.3 is 9.47 Å². The number of ether oxygens (including phenoxy) is 2. The van der Waals surface area contributed by atoms with E-state index >= 15 is 0 Å². The molecule has 0 saturated carbocycles. The molecule has 0 heterocycles. The van der Waals surface area contributed by atoms with Crippen LogP contribution in [0.1, 0.15) is 0 Å². The Labute approximate surface area is 139 Å². The van der Waals surface area contributed by atoms with Crippen molar-refractivity contribution in [1.29, 1.82) is 0 Å². The van der Waals surface area contributed by atoms with Crippen molar-refractivity contribution in [2.45, 2.75) is 19.6 Å². The molecule has 0 atom stereocenters. The van der Waals surface area contributed by atoms with E-state index in [0.717, 1.165) is 21.3 Å². The van der Waals surface area contributed by atoms with E-state index in [0.29, 0.717) is 0 Å². The first-order valence-electron chi connectivity index (χ1n) is 6.33. The molecule has 5 heteroatoms. The quantitative estimate of drug-likeness (QED) is 0.663. The largest absolute Gasteiger partial charge is 0.496 e. The Kier molecular flexibility index (Phi) is 6.21. The van der Waals surface area contributed by atoms with Crippen LogP contribution in [0.5, 0.6) is 11.5 Å². The standard InChI is InChI=1S/C16H18O2S3/c1-17-13-9-11(19-3)5-7-15(13)21-16-8-6-12(20-4)10-14(16)18-2/h5-10H,1-4H3. The van der Waals surface area contributed by atoms with Gasteiger partial charge in [-0.25, -0.2) is 0 Å². The van der Waals surface area contributed by atoms with E-state index < -0.39 is 0 Å². The van der Waals surface area contributed by atoms with Gasteiger partial charge in [0.05, 0.1) is 24.0 Å². The zero-order valence-electron chi connectivity index (χ0n) is 12.5. The van der Waals surface area contributed by atoms with Crippen molar-refractivity contribution in [3.63, 3.8) is 0 Å². The molecule has 0 N–H and O–H groups in total. The van der Waals surface area contributed by atoms with Gasteiger partial charge in [0.2, 0.25) is 0 Å². The Morgan fingerprint density at radius 2 is 1.14 bits per heavy atom. The molecule has 0 aliphatic rings. The second kappa shape index (κ2) is 7.92. The van der Waals surface area contributed by atoms with Crippen LogP contribution in [-0.4, -0.2) is 26.7 Å². The molecule has 2 aromatic rings. The SMILES string of the molecule is COc1cc(SC)ccc1Sc1ccc(SC)cc1OC. The number of thioether (sulfide) groups is 2. The van der Waals surface area contributed by atoms with E-state index in [4.69, 9.17) is 9.47 Å². The van der Waals surface area contributed by atoms with Gasteiger partial charge in [-0.3, -0.25) is 0 Å². The third kappa shape index (κ3) is 4.05. The molecule has 0 aliphatic heterocycles. The number of hydrogen-bond acceptors (Lipinski definition) is 5. The van der Waals surface area contributed by atoms with Gasteiger partial charge in [-0.2, -0.15) is 0 Å². The summed E-state index contributed by atoms with van der Waals surface area (Å²) in [5.41, 5.74) is 0. The highest BCUT2D eigenvalue weighted by molar-refractivity contribution is 8.00. The van der Waals surface area contributed by atoms with E-state index in [1.54, 1.807) is 49.5 Å².